The van der Waals surface area contributed by atoms with Gasteiger partial charge in [0.2, 0.25) is 0 Å². The van der Waals surface area contributed by atoms with Gasteiger partial charge in [-0.15, -0.1) is 0 Å². The molecule has 1 aliphatic rings. The van der Waals surface area contributed by atoms with E-state index in [0.717, 1.165) is 42.6 Å². The largest absolute Gasteiger partial charge is 0.338 e. The summed E-state index contributed by atoms with van der Waals surface area (Å²) in [5, 5.41) is 0.156. The maximum absolute atomic E-state index is 14.0. The van der Waals surface area contributed by atoms with Crippen LogP contribution >= 0.6 is 11.6 Å². The molecule has 144 valence electrons. The first-order valence-electron chi connectivity index (χ1n) is 9.59. The van der Waals surface area contributed by atoms with Gasteiger partial charge >= 0.3 is 0 Å². The molecule has 1 unspecified atom stereocenters. The van der Waals surface area contributed by atoms with Gasteiger partial charge < -0.3 is 4.90 Å². The second-order valence-electron chi connectivity index (χ2n) is 7.46. The monoisotopic (exact) mass is 397 g/mol. The van der Waals surface area contributed by atoms with Crippen LogP contribution in [0.3, 0.4) is 0 Å². The summed E-state index contributed by atoms with van der Waals surface area (Å²) in [5.41, 5.74) is 5.39. The Kier molecular flexibility index (Phi) is 5.36. The normalized spacial score (nSPS) is 16.1. The van der Waals surface area contributed by atoms with Gasteiger partial charge in [0.25, 0.3) is 0 Å². The Morgan fingerprint density at radius 3 is 2.54 bits per heavy atom. The third kappa shape index (κ3) is 3.90. The zero-order valence-corrected chi connectivity index (χ0v) is 16.5. The predicted octanol–water partition coefficient (Wildman–Crippen LogP) is 7.01. The van der Waals surface area contributed by atoms with Crippen molar-refractivity contribution in [2.75, 3.05) is 4.90 Å². The number of fused-ring (bicyclic) bond motifs is 1. The Morgan fingerprint density at radius 2 is 1.79 bits per heavy atom. The minimum absolute atomic E-state index is 0.156. The maximum atomic E-state index is 14.0. The third-order valence-electron chi connectivity index (χ3n) is 5.48. The lowest BCUT2D eigenvalue weighted by atomic mass is 9.91. The van der Waals surface area contributed by atoms with E-state index in [9.17, 15) is 8.78 Å². The standard InChI is InChI=1S/C24H22ClF2N/c1-16-2-9-20(10-3-16)28-21(11-4-17-5-13-23(27)22(25)14-17)12-7-18-6-8-19(26)15-24(18)28/h2-3,5-6,8-10,13-15,21H,4,7,11-12H2,1H3. The average molecular weight is 398 g/mol. The van der Waals surface area contributed by atoms with Gasteiger partial charge in [-0.1, -0.05) is 41.4 Å². The summed E-state index contributed by atoms with van der Waals surface area (Å²) in [6, 6.07) is 18.6. The molecule has 0 spiro atoms. The summed E-state index contributed by atoms with van der Waals surface area (Å²) < 4.78 is 27.5. The Balaban J connectivity index is 1.64. The molecule has 1 atom stereocenters. The first-order chi connectivity index (χ1) is 13.5. The van der Waals surface area contributed by atoms with E-state index in [0.29, 0.717) is 0 Å². The van der Waals surface area contributed by atoms with Crippen LogP contribution in [-0.2, 0) is 12.8 Å². The van der Waals surface area contributed by atoms with Crippen molar-refractivity contribution in [3.8, 4) is 0 Å². The van der Waals surface area contributed by atoms with Crippen LogP contribution in [0.4, 0.5) is 20.2 Å². The predicted molar refractivity (Wildman–Crippen MR) is 112 cm³/mol. The minimum atomic E-state index is -0.395. The first-order valence-corrected chi connectivity index (χ1v) is 9.97. The van der Waals surface area contributed by atoms with Gasteiger partial charge in [-0.05, 0) is 80.1 Å². The Labute approximate surface area is 169 Å². The number of nitrogens with zero attached hydrogens (tertiary/aromatic N) is 1. The average Bonchev–Trinajstić information content (AvgIpc) is 2.69. The molecule has 1 nitrogen and oxygen atoms in total. The molecule has 0 amide bonds. The Bertz CT molecular complexity index is 984. The topological polar surface area (TPSA) is 3.24 Å². The summed E-state index contributed by atoms with van der Waals surface area (Å²) >= 11 is 5.93. The maximum Gasteiger partial charge on any atom is 0.141 e. The highest BCUT2D eigenvalue weighted by Gasteiger charge is 2.27. The molecule has 4 heteroatoms. The highest BCUT2D eigenvalue weighted by Crippen LogP contribution is 2.39. The number of anilines is 2. The van der Waals surface area contributed by atoms with Crippen LogP contribution in [0.25, 0.3) is 0 Å². The van der Waals surface area contributed by atoms with E-state index in [4.69, 9.17) is 11.6 Å². The molecular weight excluding hydrogens is 376 g/mol. The molecule has 1 heterocycles. The van der Waals surface area contributed by atoms with Gasteiger partial charge in [-0.2, -0.15) is 0 Å². The van der Waals surface area contributed by atoms with E-state index in [-0.39, 0.29) is 16.9 Å². The summed E-state index contributed by atoms with van der Waals surface area (Å²) in [7, 11) is 0. The minimum Gasteiger partial charge on any atom is -0.338 e. The van der Waals surface area contributed by atoms with Crippen LogP contribution in [0.1, 0.15) is 29.5 Å². The van der Waals surface area contributed by atoms with Gasteiger partial charge in [-0.25, -0.2) is 8.78 Å². The molecule has 4 rings (SSSR count). The van der Waals surface area contributed by atoms with Crippen molar-refractivity contribution in [1.29, 1.82) is 0 Å². The second-order valence-corrected chi connectivity index (χ2v) is 7.87. The number of hydrogen-bond acceptors (Lipinski definition) is 1. The van der Waals surface area contributed by atoms with E-state index in [1.165, 1.54) is 23.3 Å². The van der Waals surface area contributed by atoms with E-state index < -0.39 is 5.82 Å². The van der Waals surface area contributed by atoms with Gasteiger partial charge in [0, 0.05) is 17.4 Å². The molecule has 0 bridgehead atoms. The zero-order chi connectivity index (χ0) is 19.7. The number of rotatable bonds is 4. The molecule has 28 heavy (non-hydrogen) atoms. The van der Waals surface area contributed by atoms with Crippen LogP contribution in [0.15, 0.2) is 60.7 Å². The third-order valence-corrected chi connectivity index (χ3v) is 5.77. The molecule has 0 aromatic heterocycles. The van der Waals surface area contributed by atoms with E-state index >= 15 is 0 Å². The highest BCUT2D eigenvalue weighted by atomic mass is 35.5. The summed E-state index contributed by atoms with van der Waals surface area (Å²) in [4.78, 5) is 2.26. The number of aryl methyl sites for hydroxylation is 3. The van der Waals surface area contributed by atoms with Gasteiger partial charge in [-0.3, -0.25) is 0 Å². The SMILES string of the molecule is Cc1ccc(N2c3cc(F)ccc3CCC2CCc2ccc(F)c(Cl)c2)cc1. The van der Waals surface area contributed by atoms with Crippen molar-refractivity contribution in [3.05, 3.63) is 94.0 Å². The lowest BCUT2D eigenvalue weighted by Gasteiger charge is -2.39. The van der Waals surface area contributed by atoms with Crippen molar-refractivity contribution < 1.29 is 8.78 Å². The summed E-state index contributed by atoms with van der Waals surface area (Å²) in [5.74, 6) is -0.615. The van der Waals surface area contributed by atoms with Gasteiger partial charge in [0.05, 0.1) is 5.02 Å². The fourth-order valence-electron chi connectivity index (χ4n) is 3.98. The molecular formula is C24H22ClF2N. The van der Waals surface area contributed by atoms with Crippen LogP contribution in [0.5, 0.6) is 0 Å². The summed E-state index contributed by atoms with van der Waals surface area (Å²) in [6.45, 7) is 2.06. The molecule has 0 fully saturated rings. The Morgan fingerprint density at radius 1 is 1.00 bits per heavy atom. The van der Waals surface area contributed by atoms with Gasteiger partial charge in [0.1, 0.15) is 11.6 Å². The quantitative estimate of drug-likeness (QED) is 0.457. The Hall–Kier alpha value is -2.39. The van der Waals surface area contributed by atoms with E-state index in [1.54, 1.807) is 18.2 Å². The van der Waals surface area contributed by atoms with E-state index in [2.05, 4.69) is 36.1 Å². The van der Waals surface area contributed by atoms with Crippen LogP contribution in [0, 0.1) is 18.6 Å². The van der Waals surface area contributed by atoms with Crippen molar-refractivity contribution in [2.45, 2.75) is 38.6 Å². The van der Waals surface area contributed by atoms with Crippen molar-refractivity contribution in [3.63, 3.8) is 0 Å². The lowest BCUT2D eigenvalue weighted by Crippen LogP contribution is -2.36. The lowest BCUT2D eigenvalue weighted by molar-refractivity contribution is 0.532. The molecule has 1 aliphatic heterocycles. The van der Waals surface area contributed by atoms with Crippen molar-refractivity contribution in [2.24, 2.45) is 0 Å². The molecule has 3 aromatic carbocycles. The molecule has 0 saturated carbocycles. The number of halogens is 3. The highest BCUT2D eigenvalue weighted by molar-refractivity contribution is 6.30. The number of hydrogen-bond donors (Lipinski definition) is 0. The van der Waals surface area contributed by atoms with Crippen LogP contribution in [-0.4, -0.2) is 6.04 Å². The van der Waals surface area contributed by atoms with Crippen molar-refractivity contribution >= 4 is 23.0 Å². The van der Waals surface area contributed by atoms with Crippen LogP contribution in [0.2, 0.25) is 5.02 Å². The molecule has 3 aromatic rings. The van der Waals surface area contributed by atoms with Gasteiger partial charge in [0.15, 0.2) is 0 Å². The fourth-order valence-corrected chi connectivity index (χ4v) is 4.18. The van der Waals surface area contributed by atoms with E-state index in [1.807, 2.05) is 6.07 Å². The zero-order valence-electron chi connectivity index (χ0n) is 15.8. The smallest absolute Gasteiger partial charge is 0.141 e. The first kappa shape index (κ1) is 18.9. The molecule has 0 N–H and O–H groups in total. The molecule has 0 aliphatic carbocycles. The van der Waals surface area contributed by atoms with Crippen molar-refractivity contribution in [1.82, 2.24) is 0 Å². The van der Waals surface area contributed by atoms with Crippen LogP contribution < -0.4 is 4.90 Å². The number of benzene rings is 3. The molecule has 0 saturated heterocycles. The fraction of sp³-hybridized carbons (Fsp3) is 0.250. The second kappa shape index (κ2) is 7.92. The summed E-state index contributed by atoms with van der Waals surface area (Å²) in [6.07, 6.45) is 3.58. The molecule has 0 radical (unpaired) electrons.